The van der Waals surface area contributed by atoms with Gasteiger partial charge in [-0.3, -0.25) is 4.39 Å². The molecule has 370 valence electrons. The molecule has 1 aliphatic heterocycles. The van der Waals surface area contributed by atoms with Crippen LogP contribution in [0.3, 0.4) is 0 Å². The van der Waals surface area contributed by atoms with E-state index in [-0.39, 0.29) is 74.2 Å². The summed E-state index contributed by atoms with van der Waals surface area (Å²) in [6.45, 7) is 28.2. The minimum Gasteiger partial charge on any atom is -1.00 e. The fourth-order valence-corrected chi connectivity index (χ4v) is 4.58. The number of terminal acetylenes is 2. The van der Waals surface area contributed by atoms with Gasteiger partial charge in [-0.05, 0) is 135 Å². The summed E-state index contributed by atoms with van der Waals surface area (Å²) in [6.07, 6.45) is 19.8. The number of aliphatic hydroxyl groups is 1. The first-order valence-electron chi connectivity index (χ1n) is 22.4. The van der Waals surface area contributed by atoms with Gasteiger partial charge in [-0.2, -0.15) is 0 Å². The average molecular weight is 990 g/mol. The minimum absolute atomic E-state index is 0. The molecule has 17 heteroatoms. The van der Waals surface area contributed by atoms with Crippen LogP contribution in [-0.4, -0.2) is 146 Å². The van der Waals surface area contributed by atoms with E-state index in [0.717, 1.165) is 57.9 Å². The summed E-state index contributed by atoms with van der Waals surface area (Å²) >= 11 is 3.01. The molecule has 0 aliphatic carbocycles. The quantitative estimate of drug-likeness (QED) is 0.0481. The number of ether oxygens (including phenoxy) is 4. The first-order valence-corrected chi connectivity index (χ1v) is 22.8. The topological polar surface area (TPSA) is 137 Å². The Morgan fingerprint density at radius 1 is 0.734 bits per heavy atom. The molecule has 0 aromatic heterocycles. The standard InChI is InChI=1S/C20H38BNO4.C13H23NO3.C10H21NO3.C3H3Br.CH3F.Na.H/c1-18(2,3)24-17(23)22(8)16-14-12-10-9-11-13-15-21-25-19(4,5)20(6,7)26-21;1-6-10-16-11-8-7-9-14(5)12(15)17-13(2,3)4;1-10(2,3)14-9(13)11(4)7-5-6-8-12;1-2-3-4;1-2;;/h13,15H,9-12,14,16H2,1-8H3;1H,7-11H2,2-5H3;12H,5-8H2,1-4H3;1H,3H2;1H3;;/q;;;;;+1;-1/b15-13+;;;;;;/i;;;;1D;;. The summed E-state index contributed by atoms with van der Waals surface area (Å²) in [5, 5.41) is 9.23. The number of hydrogen-bond acceptors (Lipinski definition) is 10. The van der Waals surface area contributed by atoms with Gasteiger partial charge in [0.2, 0.25) is 0 Å². The van der Waals surface area contributed by atoms with E-state index in [0.29, 0.717) is 38.1 Å². The van der Waals surface area contributed by atoms with Gasteiger partial charge in [0.05, 0.1) is 25.1 Å². The van der Waals surface area contributed by atoms with Crippen molar-refractivity contribution in [2.24, 2.45) is 0 Å². The van der Waals surface area contributed by atoms with Crippen molar-refractivity contribution in [3.05, 3.63) is 12.1 Å². The maximum Gasteiger partial charge on any atom is 1.00 e. The molecule has 1 fully saturated rings. The number of carbonyl (C=O) groups is 3. The maximum atomic E-state index is 11.9. The van der Waals surface area contributed by atoms with Gasteiger partial charge < -0.3 is 49.5 Å². The molecule has 1 N–H and O–H groups in total. The molecule has 1 saturated heterocycles. The third-order valence-corrected chi connectivity index (χ3v) is 8.81. The van der Waals surface area contributed by atoms with E-state index >= 15 is 0 Å². The Bertz CT molecular complexity index is 1340. The van der Waals surface area contributed by atoms with Gasteiger partial charge in [0.1, 0.15) is 23.4 Å². The number of alkyl halides is 2. The van der Waals surface area contributed by atoms with Crippen molar-refractivity contribution in [3.8, 4) is 24.7 Å². The van der Waals surface area contributed by atoms with Crippen molar-refractivity contribution in [3.63, 3.8) is 0 Å². The molecule has 0 saturated carbocycles. The van der Waals surface area contributed by atoms with Crippen LogP contribution in [0.25, 0.3) is 0 Å². The van der Waals surface area contributed by atoms with Gasteiger partial charge in [0.25, 0.3) is 0 Å². The molecule has 64 heavy (non-hydrogen) atoms. The van der Waals surface area contributed by atoms with E-state index in [9.17, 15) is 18.8 Å². The second kappa shape index (κ2) is 39.0. The molecule has 3 amide bonds. The third kappa shape index (κ3) is 43.9. The average Bonchev–Trinajstić information content (AvgIpc) is 3.37. The summed E-state index contributed by atoms with van der Waals surface area (Å²) in [5.41, 5.74) is -1.87. The van der Waals surface area contributed by atoms with Gasteiger partial charge >= 0.3 is 55.0 Å². The summed E-state index contributed by atoms with van der Waals surface area (Å²) in [4.78, 5) is 39.6. The summed E-state index contributed by atoms with van der Waals surface area (Å²) in [7, 11) is 3.98. The van der Waals surface area contributed by atoms with Crippen molar-refractivity contribution in [2.45, 2.75) is 176 Å². The summed E-state index contributed by atoms with van der Waals surface area (Å²) in [6, 6.07) is 0. The second-order valence-corrected chi connectivity index (χ2v) is 19.3. The van der Waals surface area contributed by atoms with E-state index in [1.54, 1.807) is 30.9 Å². The van der Waals surface area contributed by atoms with E-state index in [4.69, 9.17) is 47.6 Å². The van der Waals surface area contributed by atoms with Crippen molar-refractivity contribution in [1.82, 2.24) is 14.7 Å². The van der Waals surface area contributed by atoms with E-state index in [1.165, 1.54) is 4.90 Å². The predicted octanol–water partition coefficient (Wildman–Crippen LogP) is 7.62. The van der Waals surface area contributed by atoms with Gasteiger partial charge in [0, 0.05) is 54.0 Å². The molecule has 0 bridgehead atoms. The number of amides is 3. The molecule has 0 atom stereocenters. The molecule has 0 unspecified atom stereocenters. The Morgan fingerprint density at radius 2 is 1.08 bits per heavy atom. The molecule has 0 radical (unpaired) electrons. The van der Waals surface area contributed by atoms with Crippen molar-refractivity contribution < 1.29 is 84.5 Å². The Labute approximate surface area is 423 Å². The van der Waals surface area contributed by atoms with Crippen molar-refractivity contribution in [2.75, 3.05) is 73.1 Å². The molecular formula is C47H89BBrFN3NaO10. The first kappa shape index (κ1) is 68.6. The number of allylic oxidation sites excluding steroid dienone is 1. The number of carbonyl (C=O) groups excluding carboxylic acids is 3. The predicted molar refractivity (Wildman–Crippen MR) is 261 cm³/mol. The number of aliphatic hydroxyl groups excluding tert-OH is 1. The number of halogens is 2. The van der Waals surface area contributed by atoms with Crippen LogP contribution in [0.1, 0.15) is 151 Å². The van der Waals surface area contributed by atoms with Crippen LogP contribution in [0.5, 0.6) is 0 Å². The van der Waals surface area contributed by atoms with Crippen molar-refractivity contribution in [1.29, 1.82) is 0 Å². The Morgan fingerprint density at radius 3 is 1.41 bits per heavy atom. The van der Waals surface area contributed by atoms with E-state index < -0.39 is 24.0 Å². The Kier molecular flexibility index (Phi) is 41.8. The first-order chi connectivity index (χ1) is 29.4. The van der Waals surface area contributed by atoms with Crippen LogP contribution in [0, 0.1) is 24.7 Å². The van der Waals surface area contributed by atoms with Crippen LogP contribution in [-0.2, 0) is 28.3 Å². The second-order valence-electron chi connectivity index (χ2n) is 18.7. The van der Waals surface area contributed by atoms with Crippen molar-refractivity contribution >= 4 is 41.3 Å². The third-order valence-electron chi connectivity index (χ3n) is 8.49. The van der Waals surface area contributed by atoms with Crippen LogP contribution in [0.15, 0.2) is 12.1 Å². The van der Waals surface area contributed by atoms with Crippen LogP contribution in [0.4, 0.5) is 18.8 Å². The monoisotopic (exact) mass is 989 g/mol. The zero-order valence-electron chi connectivity index (χ0n) is 45.1. The van der Waals surface area contributed by atoms with Gasteiger partial charge in [-0.15, -0.1) is 12.8 Å². The number of unbranched alkanes of at least 4 members (excludes halogenated alkanes) is 6. The SMILES string of the molecule is C#CCBr.C#CCOCCCCN(C)C(=O)OC(C)(C)C.CN(CCCCCC/C=C/B1OC(C)(C)C(C)(C)O1)C(=O)OC(C)(C)C.CN(CCCCO)C(=O)OC(C)(C)C.[2H]CF.[H-].[Na+]. The molecule has 0 aromatic carbocycles. The molecule has 0 spiro atoms. The Balaban J connectivity index is -0.000000196. The molecule has 1 aliphatic rings. The number of hydrogen-bond donors (Lipinski definition) is 1. The molecule has 1 rings (SSSR count). The zero-order chi connectivity index (χ0) is 50.6. The molecule has 13 nitrogen and oxygen atoms in total. The van der Waals surface area contributed by atoms with Crippen LogP contribution < -0.4 is 29.6 Å². The number of rotatable bonds is 18. The fourth-order valence-electron chi connectivity index (χ4n) is 4.58. The smallest absolute Gasteiger partial charge is 1.00 e. The Hall–Kier alpha value is -2.02. The summed E-state index contributed by atoms with van der Waals surface area (Å²) in [5.74, 6) is 6.77. The molecule has 0 aromatic rings. The fraction of sp³-hybridized carbons (Fsp3) is 0.809. The van der Waals surface area contributed by atoms with Crippen LogP contribution in [0.2, 0.25) is 0 Å². The van der Waals surface area contributed by atoms with Gasteiger partial charge in [0.15, 0.2) is 0 Å². The largest absolute Gasteiger partial charge is 1.00 e. The van der Waals surface area contributed by atoms with Gasteiger partial charge in [-0.25, -0.2) is 14.4 Å². The zero-order valence-corrected chi connectivity index (χ0v) is 46.7. The summed E-state index contributed by atoms with van der Waals surface area (Å²) < 4.78 is 48.2. The van der Waals surface area contributed by atoms with Gasteiger partial charge in [-0.1, -0.05) is 52.7 Å². The van der Waals surface area contributed by atoms with E-state index in [2.05, 4.69) is 61.5 Å². The van der Waals surface area contributed by atoms with Crippen LogP contribution >= 0.6 is 15.9 Å². The minimum atomic E-state index is -1.00. The van der Waals surface area contributed by atoms with E-state index in [1.807, 2.05) is 68.3 Å². The maximum absolute atomic E-state index is 11.9. The normalized spacial score (nSPS) is 13.7. The molecule has 1 heterocycles. The molecular weight excluding hydrogens is 899 g/mol. The number of nitrogens with zero attached hydrogens (tertiary/aromatic N) is 3.